The van der Waals surface area contributed by atoms with Gasteiger partial charge in [-0.05, 0) is 11.6 Å². The number of halogens is 3. The zero-order valence-electron chi connectivity index (χ0n) is 15.2. The molecule has 4 rings (SSSR count). The molecule has 0 spiro atoms. The molecule has 0 bridgehead atoms. The van der Waals surface area contributed by atoms with Gasteiger partial charge in [0.1, 0.15) is 0 Å². The zero-order valence-corrected chi connectivity index (χ0v) is 15.2. The van der Waals surface area contributed by atoms with E-state index in [1.54, 1.807) is 10.9 Å². The molecular weight excluding hydrogens is 385 g/mol. The highest BCUT2D eigenvalue weighted by atomic mass is 19.4. The fourth-order valence-electron chi connectivity index (χ4n) is 2.95. The molecule has 1 aromatic carbocycles. The van der Waals surface area contributed by atoms with Gasteiger partial charge in [-0.1, -0.05) is 30.3 Å². The first kappa shape index (κ1) is 18.7. The second-order valence-electron chi connectivity index (χ2n) is 6.44. The molecule has 3 aromatic heterocycles. The molecule has 0 aliphatic heterocycles. The third kappa shape index (κ3) is 3.82. The average Bonchev–Trinajstić information content (AvgIpc) is 3.25. The van der Waals surface area contributed by atoms with Crippen LogP contribution in [0.3, 0.4) is 0 Å². The van der Waals surface area contributed by atoms with Crippen molar-refractivity contribution in [2.75, 3.05) is 5.32 Å². The van der Waals surface area contributed by atoms with E-state index in [1.165, 1.54) is 19.3 Å². The van der Waals surface area contributed by atoms with Crippen LogP contribution in [-0.2, 0) is 19.8 Å². The molecule has 1 amide bonds. The number of pyridine rings is 1. The van der Waals surface area contributed by atoms with Crippen molar-refractivity contribution in [1.29, 1.82) is 0 Å². The van der Waals surface area contributed by atoms with E-state index >= 15 is 0 Å². The number of carbonyl (C=O) groups is 1. The van der Waals surface area contributed by atoms with Crippen LogP contribution in [0.25, 0.3) is 11.0 Å². The Morgan fingerprint density at radius 2 is 1.93 bits per heavy atom. The van der Waals surface area contributed by atoms with Crippen LogP contribution in [0.15, 0.2) is 55.0 Å². The molecule has 148 valence electrons. The lowest BCUT2D eigenvalue weighted by Gasteiger charge is -2.08. The van der Waals surface area contributed by atoms with Crippen molar-refractivity contribution in [2.24, 2.45) is 7.05 Å². The van der Waals surface area contributed by atoms with Crippen LogP contribution in [-0.4, -0.2) is 30.5 Å². The van der Waals surface area contributed by atoms with Gasteiger partial charge < -0.3 is 5.32 Å². The third-order valence-electron chi connectivity index (χ3n) is 4.26. The van der Waals surface area contributed by atoms with Gasteiger partial charge in [0.2, 0.25) is 0 Å². The molecule has 29 heavy (non-hydrogen) atoms. The van der Waals surface area contributed by atoms with Crippen molar-refractivity contribution in [3.05, 3.63) is 71.8 Å². The number of amides is 1. The van der Waals surface area contributed by atoms with E-state index in [-0.39, 0.29) is 5.56 Å². The van der Waals surface area contributed by atoms with Gasteiger partial charge >= 0.3 is 6.18 Å². The molecule has 3 heterocycles. The van der Waals surface area contributed by atoms with Crippen LogP contribution in [0.1, 0.15) is 21.6 Å². The lowest BCUT2D eigenvalue weighted by molar-refractivity contribution is -0.140. The molecule has 0 atom stereocenters. The van der Waals surface area contributed by atoms with Crippen molar-refractivity contribution in [3.63, 3.8) is 0 Å². The Morgan fingerprint density at radius 1 is 1.17 bits per heavy atom. The molecule has 0 aliphatic carbocycles. The number of fused-ring (bicyclic) bond motifs is 1. The Hall–Kier alpha value is -3.69. The number of nitrogens with zero attached hydrogens (tertiary/aromatic N) is 5. The topological polar surface area (TPSA) is 77.6 Å². The molecule has 0 saturated carbocycles. The molecule has 0 aliphatic rings. The van der Waals surface area contributed by atoms with Crippen LogP contribution in [0.2, 0.25) is 0 Å². The van der Waals surface area contributed by atoms with Gasteiger partial charge in [-0.25, -0.2) is 9.67 Å². The van der Waals surface area contributed by atoms with E-state index in [0.29, 0.717) is 17.6 Å². The van der Waals surface area contributed by atoms with Crippen molar-refractivity contribution >= 4 is 22.6 Å². The van der Waals surface area contributed by atoms with E-state index in [1.807, 2.05) is 30.3 Å². The summed E-state index contributed by atoms with van der Waals surface area (Å²) in [6, 6.07) is 11.2. The largest absolute Gasteiger partial charge is 0.437 e. The minimum absolute atomic E-state index is 0.119. The summed E-state index contributed by atoms with van der Waals surface area (Å²) < 4.78 is 41.8. The predicted octanol–water partition coefficient (Wildman–Crippen LogP) is 3.48. The SMILES string of the molecule is Cn1cc(NC(=O)c2cnc3c(cnn3Cc3ccccc3)c2)c(C(F)(F)F)n1. The summed E-state index contributed by atoms with van der Waals surface area (Å²) in [5.74, 6) is -0.714. The second kappa shape index (κ2) is 7.04. The van der Waals surface area contributed by atoms with Gasteiger partial charge in [0, 0.05) is 24.8 Å². The Morgan fingerprint density at radius 3 is 2.66 bits per heavy atom. The number of nitrogens with one attached hydrogen (secondary N) is 1. The predicted molar refractivity (Wildman–Crippen MR) is 99.2 cm³/mol. The fraction of sp³-hybridized carbons (Fsp3) is 0.158. The number of hydrogen-bond acceptors (Lipinski definition) is 4. The second-order valence-corrected chi connectivity index (χ2v) is 6.44. The van der Waals surface area contributed by atoms with Crippen molar-refractivity contribution in [2.45, 2.75) is 12.7 Å². The number of aromatic nitrogens is 5. The molecule has 1 N–H and O–H groups in total. The number of rotatable bonds is 4. The van der Waals surface area contributed by atoms with Crippen LogP contribution < -0.4 is 5.32 Å². The molecule has 4 aromatic rings. The zero-order chi connectivity index (χ0) is 20.6. The average molecular weight is 400 g/mol. The number of benzene rings is 1. The Bertz CT molecular complexity index is 1180. The number of anilines is 1. The first-order valence-corrected chi connectivity index (χ1v) is 8.59. The Labute approximate surface area is 162 Å². The van der Waals surface area contributed by atoms with Crippen LogP contribution in [0, 0.1) is 0 Å². The molecule has 7 nitrogen and oxygen atoms in total. The highest BCUT2D eigenvalue weighted by Crippen LogP contribution is 2.33. The summed E-state index contributed by atoms with van der Waals surface area (Å²) in [6.07, 6.45) is -0.701. The number of aryl methyl sites for hydroxylation is 1. The van der Waals surface area contributed by atoms with Crippen LogP contribution in [0.4, 0.5) is 18.9 Å². The summed E-state index contributed by atoms with van der Waals surface area (Å²) in [6.45, 7) is 0.507. The summed E-state index contributed by atoms with van der Waals surface area (Å²) in [4.78, 5) is 16.7. The lowest BCUT2D eigenvalue weighted by atomic mass is 10.2. The minimum atomic E-state index is -4.68. The molecule has 0 fully saturated rings. The lowest BCUT2D eigenvalue weighted by Crippen LogP contribution is -2.16. The van der Waals surface area contributed by atoms with Crippen molar-refractivity contribution < 1.29 is 18.0 Å². The van der Waals surface area contributed by atoms with Crippen molar-refractivity contribution in [3.8, 4) is 0 Å². The highest BCUT2D eigenvalue weighted by molar-refractivity contribution is 6.05. The van der Waals surface area contributed by atoms with Gasteiger partial charge in [-0.3, -0.25) is 9.48 Å². The first-order valence-electron chi connectivity index (χ1n) is 8.59. The summed E-state index contributed by atoms with van der Waals surface area (Å²) in [5, 5.41) is 10.5. The maximum Gasteiger partial charge on any atom is 0.437 e. The van der Waals surface area contributed by atoms with Crippen LogP contribution in [0.5, 0.6) is 0 Å². The van der Waals surface area contributed by atoms with Gasteiger partial charge in [-0.15, -0.1) is 0 Å². The Balaban J connectivity index is 1.58. The number of hydrogen-bond donors (Lipinski definition) is 1. The van der Waals surface area contributed by atoms with E-state index in [0.717, 1.165) is 16.4 Å². The molecule has 0 unspecified atom stereocenters. The highest BCUT2D eigenvalue weighted by Gasteiger charge is 2.37. The maximum atomic E-state index is 13.1. The maximum absolute atomic E-state index is 13.1. The van der Waals surface area contributed by atoms with Crippen LogP contribution >= 0.6 is 0 Å². The summed E-state index contributed by atoms with van der Waals surface area (Å²) in [5.41, 5.74) is 0.164. The van der Waals surface area contributed by atoms with Gasteiger partial charge in [0.15, 0.2) is 11.3 Å². The van der Waals surface area contributed by atoms with Crippen molar-refractivity contribution in [1.82, 2.24) is 24.5 Å². The van der Waals surface area contributed by atoms with Gasteiger partial charge in [0.05, 0.1) is 24.0 Å². The molecule has 10 heteroatoms. The number of alkyl halides is 3. The standard InChI is InChI=1S/C19H15F3N6O/c1-27-11-15(16(26-27)19(20,21)22)25-18(29)14-7-13-9-24-28(17(13)23-8-14)10-12-5-3-2-4-6-12/h2-9,11H,10H2,1H3,(H,25,29). The van der Waals surface area contributed by atoms with E-state index in [9.17, 15) is 18.0 Å². The van der Waals surface area contributed by atoms with E-state index < -0.39 is 23.5 Å². The molecule has 0 radical (unpaired) electrons. The molecule has 0 saturated heterocycles. The Kier molecular flexibility index (Phi) is 4.53. The van der Waals surface area contributed by atoms with E-state index in [2.05, 4.69) is 20.5 Å². The molecular formula is C19H15F3N6O. The fourth-order valence-corrected chi connectivity index (χ4v) is 2.95. The minimum Gasteiger partial charge on any atom is -0.319 e. The first-order chi connectivity index (χ1) is 13.8. The summed E-state index contributed by atoms with van der Waals surface area (Å²) in [7, 11) is 1.35. The van der Waals surface area contributed by atoms with Gasteiger partial charge in [0.25, 0.3) is 5.91 Å². The monoisotopic (exact) mass is 400 g/mol. The summed E-state index contributed by atoms with van der Waals surface area (Å²) >= 11 is 0. The quantitative estimate of drug-likeness (QED) is 0.569. The smallest absolute Gasteiger partial charge is 0.319 e. The normalized spacial score (nSPS) is 11.7. The van der Waals surface area contributed by atoms with Gasteiger partial charge in [-0.2, -0.15) is 23.4 Å². The third-order valence-corrected chi connectivity index (χ3v) is 4.26. The number of carbonyl (C=O) groups excluding carboxylic acids is 1. The van der Waals surface area contributed by atoms with E-state index in [4.69, 9.17) is 0 Å².